The van der Waals surface area contributed by atoms with Gasteiger partial charge in [0.05, 0.1) is 12.5 Å². The van der Waals surface area contributed by atoms with E-state index in [9.17, 15) is 14.4 Å². The highest BCUT2D eigenvalue weighted by molar-refractivity contribution is 5.87. The number of benzene rings is 4. The number of rotatable bonds is 8. The fourth-order valence-electron chi connectivity index (χ4n) is 4.25. The Hall–Kier alpha value is -5.17. The van der Waals surface area contributed by atoms with Crippen molar-refractivity contribution in [2.45, 2.75) is 12.1 Å². The highest BCUT2D eigenvalue weighted by atomic mass is 16.6. The van der Waals surface area contributed by atoms with E-state index in [1.165, 1.54) is 13.2 Å². The molecule has 2 atom stereocenters. The molecule has 0 aliphatic heterocycles. The third-order valence-corrected chi connectivity index (χ3v) is 6.22. The Morgan fingerprint density at radius 1 is 0.744 bits per heavy atom. The molecule has 4 aromatic carbocycles. The molecular weight excluding hydrogens is 494 g/mol. The van der Waals surface area contributed by atoms with Crippen LogP contribution in [0.15, 0.2) is 124 Å². The van der Waals surface area contributed by atoms with Gasteiger partial charge in [-0.2, -0.15) is 0 Å². The molecule has 0 saturated carbocycles. The molecule has 0 amide bonds. The molecule has 0 fully saturated rings. The topological polar surface area (TPSA) is 94.8 Å². The van der Waals surface area contributed by atoms with E-state index < -0.39 is 24.1 Å². The second-order valence-corrected chi connectivity index (χ2v) is 8.79. The molecule has 0 bridgehead atoms. The predicted octanol–water partition coefficient (Wildman–Crippen LogP) is 6.07. The zero-order valence-electron chi connectivity index (χ0n) is 21.1. The van der Waals surface area contributed by atoms with Gasteiger partial charge in [-0.25, -0.2) is 9.59 Å². The van der Waals surface area contributed by atoms with Crippen molar-refractivity contribution in [3.8, 4) is 11.3 Å². The minimum Gasteiger partial charge on any atom is -0.466 e. The fraction of sp³-hybridized carbons (Fsp3) is 0.0938. The maximum absolute atomic E-state index is 13.5. The fourth-order valence-corrected chi connectivity index (χ4v) is 4.25. The molecule has 1 N–H and O–H groups in total. The Balaban J connectivity index is 1.47. The molecule has 0 saturated heterocycles. The smallest absolute Gasteiger partial charge is 0.351 e. The van der Waals surface area contributed by atoms with E-state index in [-0.39, 0.29) is 5.43 Å². The van der Waals surface area contributed by atoms with Crippen molar-refractivity contribution >= 4 is 28.6 Å². The molecule has 39 heavy (non-hydrogen) atoms. The molecule has 0 unspecified atom stereocenters. The van der Waals surface area contributed by atoms with Crippen molar-refractivity contribution in [2.24, 2.45) is 0 Å². The molecule has 0 aliphatic rings. The summed E-state index contributed by atoms with van der Waals surface area (Å²) in [5.41, 5.74) is 2.60. The molecule has 7 heteroatoms. The van der Waals surface area contributed by atoms with E-state index in [4.69, 9.17) is 13.9 Å². The molecule has 0 radical (unpaired) electrons. The largest absolute Gasteiger partial charge is 0.466 e. The van der Waals surface area contributed by atoms with Gasteiger partial charge in [0.1, 0.15) is 11.3 Å². The number of nitrogens with one attached hydrogen (secondary N) is 1. The monoisotopic (exact) mass is 519 g/mol. The number of anilines is 1. The average molecular weight is 520 g/mol. The third-order valence-electron chi connectivity index (χ3n) is 6.22. The first-order valence-corrected chi connectivity index (χ1v) is 12.3. The first-order chi connectivity index (χ1) is 19.0. The van der Waals surface area contributed by atoms with E-state index in [1.807, 2.05) is 36.4 Å². The quantitative estimate of drug-likeness (QED) is 0.249. The summed E-state index contributed by atoms with van der Waals surface area (Å²) in [5.74, 6) is -0.916. The number of carbonyl (C=O) groups is 2. The van der Waals surface area contributed by atoms with Crippen LogP contribution in [0, 0.1) is 0 Å². The lowest BCUT2D eigenvalue weighted by atomic mass is 10.1. The maximum Gasteiger partial charge on any atom is 0.351 e. The summed E-state index contributed by atoms with van der Waals surface area (Å²) in [6.07, 6.45) is -1.24. The van der Waals surface area contributed by atoms with Crippen LogP contribution in [0.1, 0.15) is 23.3 Å². The van der Waals surface area contributed by atoms with Crippen LogP contribution in [-0.4, -0.2) is 19.0 Å². The van der Waals surface area contributed by atoms with Crippen molar-refractivity contribution < 1.29 is 23.5 Å². The SMILES string of the molecule is COC(=O)[C@@H](OC(=O)[C@H](Nc1ccc2oc(-c3ccccc3)cc(=O)c2c1)c1ccccc1)c1ccccc1. The van der Waals surface area contributed by atoms with Crippen LogP contribution in [0.5, 0.6) is 0 Å². The molecule has 5 aromatic rings. The Kier molecular flexibility index (Phi) is 7.50. The van der Waals surface area contributed by atoms with Gasteiger partial charge in [-0.1, -0.05) is 91.0 Å². The molecule has 0 spiro atoms. The number of methoxy groups -OCH3 is 1. The zero-order valence-corrected chi connectivity index (χ0v) is 21.1. The number of carbonyl (C=O) groups excluding carboxylic acids is 2. The summed E-state index contributed by atoms with van der Waals surface area (Å²) in [7, 11) is 1.24. The van der Waals surface area contributed by atoms with Gasteiger partial charge in [-0.3, -0.25) is 4.79 Å². The van der Waals surface area contributed by atoms with Gasteiger partial charge in [0.25, 0.3) is 0 Å². The van der Waals surface area contributed by atoms with Gasteiger partial charge in [0.2, 0.25) is 6.10 Å². The Bertz CT molecular complexity index is 1650. The summed E-state index contributed by atoms with van der Waals surface area (Å²) in [6.45, 7) is 0. The van der Waals surface area contributed by atoms with Gasteiger partial charge in [-0.05, 0) is 23.8 Å². The second-order valence-electron chi connectivity index (χ2n) is 8.79. The number of hydrogen-bond acceptors (Lipinski definition) is 7. The molecule has 0 aliphatic carbocycles. The van der Waals surface area contributed by atoms with Crippen molar-refractivity contribution in [1.29, 1.82) is 0 Å². The van der Waals surface area contributed by atoms with Crippen LogP contribution in [0.2, 0.25) is 0 Å². The third kappa shape index (κ3) is 5.72. The van der Waals surface area contributed by atoms with Crippen LogP contribution in [0.4, 0.5) is 5.69 Å². The molecule has 5 rings (SSSR count). The summed E-state index contributed by atoms with van der Waals surface area (Å²) in [6, 6.07) is 32.5. The highest BCUT2D eigenvalue weighted by Gasteiger charge is 2.31. The molecular formula is C32H25NO6. The van der Waals surface area contributed by atoms with E-state index >= 15 is 0 Å². The minimum absolute atomic E-state index is 0.215. The van der Waals surface area contributed by atoms with E-state index in [0.29, 0.717) is 33.5 Å². The minimum atomic E-state index is -1.24. The normalized spacial score (nSPS) is 12.3. The maximum atomic E-state index is 13.5. The lowest BCUT2D eigenvalue weighted by Gasteiger charge is -2.23. The van der Waals surface area contributed by atoms with Gasteiger partial charge < -0.3 is 19.2 Å². The summed E-state index contributed by atoms with van der Waals surface area (Å²) >= 11 is 0. The van der Waals surface area contributed by atoms with Crippen LogP contribution in [0.3, 0.4) is 0 Å². The molecule has 1 heterocycles. The van der Waals surface area contributed by atoms with Crippen LogP contribution in [-0.2, 0) is 19.1 Å². The molecule has 1 aromatic heterocycles. The van der Waals surface area contributed by atoms with Gasteiger partial charge in [0.15, 0.2) is 11.5 Å². The van der Waals surface area contributed by atoms with Crippen LogP contribution < -0.4 is 10.7 Å². The Morgan fingerprint density at radius 3 is 2.00 bits per heavy atom. The van der Waals surface area contributed by atoms with Crippen molar-refractivity contribution in [1.82, 2.24) is 0 Å². The molecule has 194 valence electrons. The van der Waals surface area contributed by atoms with Crippen LogP contribution in [0.25, 0.3) is 22.3 Å². The number of hydrogen-bond donors (Lipinski definition) is 1. The van der Waals surface area contributed by atoms with E-state index in [1.54, 1.807) is 72.8 Å². The zero-order chi connectivity index (χ0) is 27.2. The van der Waals surface area contributed by atoms with Crippen molar-refractivity contribution in [3.63, 3.8) is 0 Å². The number of esters is 2. The van der Waals surface area contributed by atoms with E-state index in [0.717, 1.165) is 5.56 Å². The van der Waals surface area contributed by atoms with Crippen molar-refractivity contribution in [3.05, 3.63) is 137 Å². The highest BCUT2D eigenvalue weighted by Crippen LogP contribution is 2.28. The lowest BCUT2D eigenvalue weighted by Crippen LogP contribution is -2.28. The summed E-state index contributed by atoms with van der Waals surface area (Å²) in [4.78, 5) is 39.0. The second kappa shape index (κ2) is 11.5. The van der Waals surface area contributed by atoms with Gasteiger partial charge in [0, 0.05) is 22.9 Å². The first kappa shape index (κ1) is 25.5. The number of fused-ring (bicyclic) bond motifs is 1. The average Bonchev–Trinajstić information content (AvgIpc) is 2.99. The first-order valence-electron chi connectivity index (χ1n) is 12.3. The van der Waals surface area contributed by atoms with Gasteiger partial charge >= 0.3 is 11.9 Å². The lowest BCUT2D eigenvalue weighted by molar-refractivity contribution is -0.167. The van der Waals surface area contributed by atoms with E-state index in [2.05, 4.69) is 5.32 Å². The summed E-state index contributed by atoms with van der Waals surface area (Å²) < 4.78 is 16.6. The Labute approximate surface area is 224 Å². The summed E-state index contributed by atoms with van der Waals surface area (Å²) in [5, 5.41) is 3.53. The Morgan fingerprint density at radius 2 is 1.36 bits per heavy atom. The standard InChI is InChI=1S/C32H25NO6/c1-37-32(36)30(23-15-9-4-10-16-23)39-31(35)29(22-13-7-3-8-14-22)33-24-17-18-27-25(19-24)26(34)20-28(38-27)21-11-5-2-6-12-21/h2-20,29-30,33H,1H3/t29-,30+/m1/s1. The van der Waals surface area contributed by atoms with Crippen LogP contribution >= 0.6 is 0 Å². The van der Waals surface area contributed by atoms with Gasteiger partial charge in [-0.15, -0.1) is 0 Å². The predicted molar refractivity (Wildman–Crippen MR) is 148 cm³/mol. The molecule has 7 nitrogen and oxygen atoms in total. The number of ether oxygens (including phenoxy) is 2. The van der Waals surface area contributed by atoms with Crippen molar-refractivity contribution in [2.75, 3.05) is 12.4 Å².